The first-order valence-corrected chi connectivity index (χ1v) is 10.2. The number of guanidine groups is 1. The highest BCUT2D eigenvalue weighted by Gasteiger charge is 2.14. The number of hydrogen-bond acceptors (Lipinski definition) is 3. The van der Waals surface area contributed by atoms with Crippen molar-refractivity contribution in [3.05, 3.63) is 35.4 Å². The highest BCUT2D eigenvalue weighted by molar-refractivity contribution is 14.0. The van der Waals surface area contributed by atoms with Crippen LogP contribution in [0, 0.1) is 0 Å². The predicted molar refractivity (Wildman–Crippen MR) is 125 cm³/mol. The first-order chi connectivity index (χ1) is 11.6. The number of rotatable bonds is 10. The van der Waals surface area contributed by atoms with Gasteiger partial charge in [0.05, 0.1) is 6.04 Å². The van der Waals surface area contributed by atoms with E-state index in [1.165, 1.54) is 29.7 Å². The van der Waals surface area contributed by atoms with Crippen molar-refractivity contribution in [1.82, 2.24) is 15.5 Å². The number of thioether (sulfide) groups is 1. The molecule has 0 aliphatic carbocycles. The van der Waals surface area contributed by atoms with Crippen molar-refractivity contribution in [2.24, 2.45) is 4.99 Å². The van der Waals surface area contributed by atoms with E-state index in [4.69, 9.17) is 0 Å². The van der Waals surface area contributed by atoms with Gasteiger partial charge in [-0.2, -0.15) is 11.8 Å². The van der Waals surface area contributed by atoms with Crippen LogP contribution in [-0.2, 0) is 6.42 Å². The summed E-state index contributed by atoms with van der Waals surface area (Å²) < 4.78 is 0. The minimum atomic E-state index is 0. The standard InChI is InChI=1S/C19H34N4S.HI/c1-6-16-9-11-17(12-10-16)18(23(3)4)15-22-19(20-2)21-13-7-8-14-24-5;/h9-12,18H,6-8,13-15H2,1-5H3,(H2,20,21,22);1H. The Balaban J connectivity index is 0.00000576. The number of unbranched alkanes of at least 4 members (excludes halogenated alkanes) is 1. The van der Waals surface area contributed by atoms with Crippen LogP contribution in [0.5, 0.6) is 0 Å². The van der Waals surface area contributed by atoms with Gasteiger partial charge in [0, 0.05) is 20.1 Å². The molecule has 0 saturated carbocycles. The number of hydrogen-bond donors (Lipinski definition) is 2. The van der Waals surface area contributed by atoms with Gasteiger partial charge in [-0.15, -0.1) is 24.0 Å². The Morgan fingerprint density at radius 3 is 2.36 bits per heavy atom. The largest absolute Gasteiger partial charge is 0.356 e. The molecule has 1 unspecified atom stereocenters. The summed E-state index contributed by atoms with van der Waals surface area (Å²) in [6.07, 6.45) is 5.66. The van der Waals surface area contributed by atoms with E-state index < -0.39 is 0 Å². The molecule has 0 amide bonds. The minimum absolute atomic E-state index is 0. The fourth-order valence-corrected chi connectivity index (χ4v) is 3.06. The Bertz CT molecular complexity index is 477. The van der Waals surface area contributed by atoms with Gasteiger partial charge in [0.2, 0.25) is 0 Å². The van der Waals surface area contributed by atoms with Gasteiger partial charge in [-0.05, 0) is 56.5 Å². The Labute approximate surface area is 175 Å². The lowest BCUT2D eigenvalue weighted by atomic mass is 10.0. The van der Waals surface area contributed by atoms with E-state index >= 15 is 0 Å². The van der Waals surface area contributed by atoms with Gasteiger partial charge in [-0.25, -0.2) is 0 Å². The highest BCUT2D eigenvalue weighted by Crippen LogP contribution is 2.18. The fraction of sp³-hybridized carbons (Fsp3) is 0.632. The van der Waals surface area contributed by atoms with Crippen LogP contribution in [0.1, 0.15) is 36.9 Å². The van der Waals surface area contributed by atoms with E-state index in [0.29, 0.717) is 6.04 Å². The van der Waals surface area contributed by atoms with Crippen LogP contribution in [0.2, 0.25) is 0 Å². The minimum Gasteiger partial charge on any atom is -0.356 e. The first-order valence-electron chi connectivity index (χ1n) is 8.81. The smallest absolute Gasteiger partial charge is 0.191 e. The third-order valence-corrected chi connectivity index (χ3v) is 4.85. The second-order valence-electron chi connectivity index (χ2n) is 6.15. The SMILES string of the molecule is CCc1ccc(C(CNC(=NC)NCCCCSC)N(C)C)cc1.I. The Morgan fingerprint density at radius 1 is 1.16 bits per heavy atom. The summed E-state index contributed by atoms with van der Waals surface area (Å²) in [6, 6.07) is 9.26. The van der Waals surface area contributed by atoms with E-state index in [2.05, 4.69) is 72.1 Å². The molecule has 1 aromatic carbocycles. The molecule has 0 fully saturated rings. The number of nitrogens with zero attached hydrogens (tertiary/aromatic N) is 2. The van der Waals surface area contributed by atoms with Crippen molar-refractivity contribution in [2.75, 3.05) is 46.2 Å². The Hall–Kier alpha value is -0.470. The van der Waals surface area contributed by atoms with Crippen molar-refractivity contribution >= 4 is 41.7 Å². The van der Waals surface area contributed by atoms with Crippen LogP contribution in [0.25, 0.3) is 0 Å². The van der Waals surface area contributed by atoms with E-state index in [0.717, 1.165) is 25.5 Å². The molecule has 1 atom stereocenters. The molecule has 0 spiro atoms. The van der Waals surface area contributed by atoms with E-state index in [-0.39, 0.29) is 24.0 Å². The highest BCUT2D eigenvalue weighted by atomic mass is 127. The van der Waals surface area contributed by atoms with Crippen molar-refractivity contribution in [3.8, 4) is 0 Å². The maximum atomic E-state index is 4.33. The molecule has 0 aliphatic rings. The van der Waals surface area contributed by atoms with Gasteiger partial charge in [0.1, 0.15) is 0 Å². The lowest BCUT2D eigenvalue weighted by molar-refractivity contribution is 0.298. The maximum Gasteiger partial charge on any atom is 0.191 e. The van der Waals surface area contributed by atoms with Crippen molar-refractivity contribution < 1.29 is 0 Å². The van der Waals surface area contributed by atoms with Crippen molar-refractivity contribution in [3.63, 3.8) is 0 Å². The van der Waals surface area contributed by atoms with Crippen LogP contribution in [-0.4, -0.2) is 57.1 Å². The van der Waals surface area contributed by atoms with Crippen LogP contribution >= 0.6 is 35.7 Å². The molecule has 2 N–H and O–H groups in total. The third kappa shape index (κ3) is 9.70. The summed E-state index contributed by atoms with van der Waals surface area (Å²) in [5, 5.41) is 6.86. The third-order valence-electron chi connectivity index (χ3n) is 4.15. The number of aryl methyl sites for hydroxylation is 1. The quantitative estimate of drug-likeness (QED) is 0.233. The van der Waals surface area contributed by atoms with Gasteiger partial charge in [-0.1, -0.05) is 31.2 Å². The van der Waals surface area contributed by atoms with Crippen LogP contribution in [0.4, 0.5) is 0 Å². The molecule has 25 heavy (non-hydrogen) atoms. The lowest BCUT2D eigenvalue weighted by Gasteiger charge is -2.26. The first kappa shape index (κ1) is 24.5. The fourth-order valence-electron chi connectivity index (χ4n) is 2.57. The number of nitrogens with one attached hydrogen (secondary N) is 2. The summed E-state index contributed by atoms with van der Waals surface area (Å²) in [6.45, 7) is 4.00. The zero-order valence-electron chi connectivity index (χ0n) is 16.3. The molecule has 0 heterocycles. The van der Waals surface area contributed by atoms with E-state index in [1.807, 2.05) is 18.8 Å². The second-order valence-corrected chi connectivity index (χ2v) is 7.14. The maximum absolute atomic E-state index is 4.33. The molecule has 0 aliphatic heterocycles. The molecule has 0 bridgehead atoms. The lowest BCUT2D eigenvalue weighted by Crippen LogP contribution is -2.42. The van der Waals surface area contributed by atoms with Gasteiger partial charge in [0.15, 0.2) is 5.96 Å². The Kier molecular flexibility index (Phi) is 14.4. The molecule has 6 heteroatoms. The summed E-state index contributed by atoms with van der Waals surface area (Å²) >= 11 is 1.90. The zero-order valence-corrected chi connectivity index (χ0v) is 19.5. The molecule has 4 nitrogen and oxygen atoms in total. The molecule has 1 aromatic rings. The van der Waals surface area contributed by atoms with Crippen LogP contribution in [0.15, 0.2) is 29.3 Å². The number of aliphatic imine (C=N–C) groups is 1. The van der Waals surface area contributed by atoms with Gasteiger partial charge < -0.3 is 15.5 Å². The topological polar surface area (TPSA) is 39.7 Å². The summed E-state index contributed by atoms with van der Waals surface area (Å²) in [5.74, 6) is 2.11. The van der Waals surface area contributed by atoms with E-state index in [9.17, 15) is 0 Å². The molecule has 0 radical (unpaired) electrons. The average Bonchev–Trinajstić information content (AvgIpc) is 2.60. The number of halogens is 1. The Morgan fingerprint density at radius 2 is 1.84 bits per heavy atom. The predicted octanol–water partition coefficient (Wildman–Crippen LogP) is 3.78. The zero-order chi connectivity index (χ0) is 17.8. The molecule has 144 valence electrons. The van der Waals surface area contributed by atoms with Crippen molar-refractivity contribution in [1.29, 1.82) is 0 Å². The van der Waals surface area contributed by atoms with Crippen LogP contribution < -0.4 is 10.6 Å². The van der Waals surface area contributed by atoms with Gasteiger partial charge >= 0.3 is 0 Å². The van der Waals surface area contributed by atoms with Gasteiger partial charge in [0.25, 0.3) is 0 Å². The summed E-state index contributed by atoms with van der Waals surface area (Å²) in [4.78, 5) is 6.58. The summed E-state index contributed by atoms with van der Waals surface area (Å²) in [5.41, 5.74) is 2.71. The summed E-state index contributed by atoms with van der Waals surface area (Å²) in [7, 11) is 6.08. The van der Waals surface area contributed by atoms with Gasteiger partial charge in [-0.3, -0.25) is 4.99 Å². The monoisotopic (exact) mass is 478 g/mol. The van der Waals surface area contributed by atoms with E-state index in [1.54, 1.807) is 0 Å². The molecule has 0 saturated heterocycles. The average molecular weight is 478 g/mol. The second kappa shape index (κ2) is 14.7. The van der Waals surface area contributed by atoms with Crippen molar-refractivity contribution in [2.45, 2.75) is 32.2 Å². The number of likely N-dealkylation sites (N-methyl/N-ethyl adjacent to an activating group) is 1. The number of benzene rings is 1. The molecular weight excluding hydrogens is 443 g/mol. The normalized spacial score (nSPS) is 12.6. The molecule has 1 rings (SSSR count). The molecular formula is C19H35IN4S. The van der Waals surface area contributed by atoms with Crippen LogP contribution in [0.3, 0.4) is 0 Å². The molecule has 0 aromatic heterocycles.